The van der Waals surface area contributed by atoms with Crippen LogP contribution in [-0.4, -0.2) is 25.8 Å². The van der Waals surface area contributed by atoms with Gasteiger partial charge in [-0.05, 0) is 6.42 Å². The van der Waals surface area contributed by atoms with Crippen LogP contribution in [0, 0.1) is 0 Å². The number of hydrogen-bond donors (Lipinski definition) is 1. The Labute approximate surface area is 55.9 Å². The molecule has 9 heavy (non-hydrogen) atoms. The molecule has 0 amide bonds. The molecule has 0 aromatic rings. The van der Waals surface area contributed by atoms with E-state index in [-0.39, 0.29) is 0 Å². The van der Waals surface area contributed by atoms with Gasteiger partial charge < -0.3 is 10.1 Å². The number of morpholine rings is 1. The molecule has 1 aliphatic rings. The summed E-state index contributed by atoms with van der Waals surface area (Å²) < 4.78 is 5.22. The molecule has 0 aromatic carbocycles. The maximum atomic E-state index is 5.22. The Balaban J connectivity index is 2.15. The normalized spacial score (nSPS) is 27.8. The van der Waals surface area contributed by atoms with E-state index in [1.165, 1.54) is 0 Å². The maximum Gasteiger partial charge on any atom is 0.0623 e. The molecule has 2 heteroatoms. The van der Waals surface area contributed by atoms with Gasteiger partial charge in [0.1, 0.15) is 0 Å². The van der Waals surface area contributed by atoms with Crippen LogP contribution in [0.5, 0.6) is 0 Å². The standard InChI is InChI=1S/C7H13NO/c1-2-3-7-6-9-5-4-8-7/h2,7-8H,1,3-6H2/i7+1. The van der Waals surface area contributed by atoms with Crippen molar-refractivity contribution in [2.45, 2.75) is 12.5 Å². The molecule has 1 rings (SSSR count). The van der Waals surface area contributed by atoms with Crippen molar-refractivity contribution >= 4 is 0 Å². The summed E-state index contributed by atoms with van der Waals surface area (Å²) in [7, 11) is 0. The Morgan fingerprint density at radius 3 is 3.22 bits per heavy atom. The van der Waals surface area contributed by atoms with Crippen LogP contribution in [0.25, 0.3) is 0 Å². The van der Waals surface area contributed by atoms with Crippen LogP contribution in [0.4, 0.5) is 0 Å². The van der Waals surface area contributed by atoms with Gasteiger partial charge in [-0.2, -0.15) is 0 Å². The van der Waals surface area contributed by atoms with Crippen molar-refractivity contribution in [2.24, 2.45) is 0 Å². The third kappa shape index (κ3) is 2.16. The molecule has 1 aliphatic heterocycles. The summed E-state index contributed by atoms with van der Waals surface area (Å²) in [5, 5.41) is 3.32. The zero-order chi connectivity index (χ0) is 6.53. The lowest BCUT2D eigenvalue weighted by Gasteiger charge is -2.22. The molecule has 2 nitrogen and oxygen atoms in total. The minimum atomic E-state index is 0.510. The first-order chi connectivity index (χ1) is 4.43. The Hall–Kier alpha value is -0.340. The van der Waals surface area contributed by atoms with Gasteiger partial charge in [0, 0.05) is 12.6 Å². The second-order valence-electron chi connectivity index (χ2n) is 2.25. The molecule has 1 fully saturated rings. The molecule has 1 heterocycles. The van der Waals surface area contributed by atoms with Gasteiger partial charge in [0.05, 0.1) is 13.2 Å². The molecular weight excluding hydrogens is 115 g/mol. The molecule has 1 atom stereocenters. The van der Waals surface area contributed by atoms with E-state index in [9.17, 15) is 0 Å². The lowest BCUT2D eigenvalue weighted by Crippen LogP contribution is -2.40. The summed E-state index contributed by atoms with van der Waals surface area (Å²) in [4.78, 5) is 0. The zero-order valence-electron chi connectivity index (χ0n) is 5.60. The Bertz CT molecular complexity index is 86.9. The number of rotatable bonds is 2. The van der Waals surface area contributed by atoms with Gasteiger partial charge in [-0.25, -0.2) is 0 Å². The van der Waals surface area contributed by atoms with Crippen molar-refractivity contribution in [2.75, 3.05) is 19.8 Å². The topological polar surface area (TPSA) is 21.3 Å². The smallest absolute Gasteiger partial charge is 0.0623 e. The molecule has 0 radical (unpaired) electrons. The lowest BCUT2D eigenvalue weighted by molar-refractivity contribution is 0.0778. The van der Waals surface area contributed by atoms with E-state index in [1.807, 2.05) is 6.08 Å². The van der Waals surface area contributed by atoms with Gasteiger partial charge in [-0.1, -0.05) is 6.08 Å². The fraction of sp³-hybridized carbons (Fsp3) is 0.714. The van der Waals surface area contributed by atoms with Gasteiger partial charge in [-0.15, -0.1) is 6.58 Å². The van der Waals surface area contributed by atoms with Crippen LogP contribution < -0.4 is 5.32 Å². The summed E-state index contributed by atoms with van der Waals surface area (Å²) in [5.41, 5.74) is 0. The fourth-order valence-corrected chi connectivity index (χ4v) is 0.972. The summed E-state index contributed by atoms with van der Waals surface area (Å²) in [6.45, 7) is 6.34. The largest absolute Gasteiger partial charge is 0.379 e. The van der Waals surface area contributed by atoms with E-state index in [0.29, 0.717) is 6.04 Å². The monoisotopic (exact) mass is 128 g/mol. The summed E-state index contributed by atoms with van der Waals surface area (Å²) >= 11 is 0. The molecule has 0 aliphatic carbocycles. The summed E-state index contributed by atoms with van der Waals surface area (Å²) in [6.07, 6.45) is 2.94. The van der Waals surface area contributed by atoms with Crippen molar-refractivity contribution in [1.82, 2.24) is 5.32 Å². The van der Waals surface area contributed by atoms with E-state index < -0.39 is 0 Å². The Morgan fingerprint density at radius 2 is 2.67 bits per heavy atom. The summed E-state index contributed by atoms with van der Waals surface area (Å²) in [5.74, 6) is 0. The second kappa shape index (κ2) is 3.64. The SMILES string of the molecule is C=CC[13CH]1COCCN1. The molecule has 1 saturated heterocycles. The molecule has 0 aromatic heterocycles. The van der Waals surface area contributed by atoms with E-state index in [0.717, 1.165) is 26.2 Å². The molecule has 1 N–H and O–H groups in total. The molecule has 1 unspecified atom stereocenters. The molecule has 0 spiro atoms. The minimum Gasteiger partial charge on any atom is -0.379 e. The van der Waals surface area contributed by atoms with Crippen LogP contribution in [0.1, 0.15) is 6.42 Å². The highest BCUT2D eigenvalue weighted by Gasteiger charge is 2.09. The molecule has 0 bridgehead atoms. The average Bonchev–Trinajstić information content (AvgIpc) is 1.91. The fourth-order valence-electron chi connectivity index (χ4n) is 0.972. The van der Waals surface area contributed by atoms with Crippen LogP contribution in [0.3, 0.4) is 0 Å². The Morgan fingerprint density at radius 1 is 1.78 bits per heavy atom. The highest BCUT2D eigenvalue weighted by molar-refractivity contribution is 4.79. The van der Waals surface area contributed by atoms with Gasteiger partial charge in [0.2, 0.25) is 0 Å². The van der Waals surface area contributed by atoms with Crippen LogP contribution in [-0.2, 0) is 4.74 Å². The van der Waals surface area contributed by atoms with Gasteiger partial charge in [0.15, 0.2) is 0 Å². The van der Waals surface area contributed by atoms with Crippen molar-refractivity contribution < 1.29 is 4.74 Å². The van der Waals surface area contributed by atoms with E-state index >= 15 is 0 Å². The predicted octanol–water partition coefficient (Wildman–Crippen LogP) is 0.551. The quantitative estimate of drug-likeness (QED) is 0.433. The third-order valence-electron chi connectivity index (χ3n) is 1.45. The van der Waals surface area contributed by atoms with Crippen molar-refractivity contribution in [3.8, 4) is 0 Å². The third-order valence-corrected chi connectivity index (χ3v) is 1.45. The van der Waals surface area contributed by atoms with Gasteiger partial charge in [0.25, 0.3) is 0 Å². The van der Waals surface area contributed by atoms with E-state index in [2.05, 4.69) is 11.9 Å². The number of nitrogens with one attached hydrogen (secondary N) is 1. The maximum absolute atomic E-state index is 5.22. The molecule has 52 valence electrons. The minimum absolute atomic E-state index is 0.510. The van der Waals surface area contributed by atoms with Crippen molar-refractivity contribution in [3.05, 3.63) is 12.7 Å². The van der Waals surface area contributed by atoms with Gasteiger partial charge >= 0.3 is 0 Å². The van der Waals surface area contributed by atoms with Crippen molar-refractivity contribution in [3.63, 3.8) is 0 Å². The van der Waals surface area contributed by atoms with E-state index in [1.54, 1.807) is 0 Å². The lowest BCUT2D eigenvalue weighted by atomic mass is 10.4. The predicted molar refractivity (Wildman–Crippen MR) is 37.4 cm³/mol. The van der Waals surface area contributed by atoms with Crippen LogP contribution >= 0.6 is 0 Å². The number of ether oxygens (including phenoxy) is 1. The molecule has 0 saturated carbocycles. The highest BCUT2D eigenvalue weighted by Crippen LogP contribution is 1.97. The first-order valence-corrected chi connectivity index (χ1v) is 3.35. The molecular formula is C7H13NO. The zero-order valence-corrected chi connectivity index (χ0v) is 5.60. The first kappa shape index (κ1) is 6.78. The van der Waals surface area contributed by atoms with Crippen molar-refractivity contribution in [1.29, 1.82) is 0 Å². The number of hydrogen-bond acceptors (Lipinski definition) is 2. The summed E-state index contributed by atoms with van der Waals surface area (Å²) in [6, 6.07) is 0.510. The first-order valence-electron chi connectivity index (χ1n) is 3.35. The van der Waals surface area contributed by atoms with Gasteiger partial charge in [-0.3, -0.25) is 0 Å². The Kier molecular flexibility index (Phi) is 2.74. The average molecular weight is 128 g/mol. The van der Waals surface area contributed by atoms with E-state index in [4.69, 9.17) is 4.74 Å². The highest BCUT2D eigenvalue weighted by atomic mass is 16.5. The van der Waals surface area contributed by atoms with Crippen LogP contribution in [0.15, 0.2) is 12.7 Å². The second-order valence-corrected chi connectivity index (χ2v) is 2.25. The van der Waals surface area contributed by atoms with Crippen LogP contribution in [0.2, 0.25) is 0 Å².